The van der Waals surface area contributed by atoms with Crippen LogP contribution in [0.3, 0.4) is 0 Å². The summed E-state index contributed by atoms with van der Waals surface area (Å²) in [5, 5.41) is 39.7. The predicted molar refractivity (Wildman–Crippen MR) is 268 cm³/mol. The van der Waals surface area contributed by atoms with Gasteiger partial charge in [-0.3, -0.25) is 28.7 Å². The lowest BCUT2D eigenvalue weighted by atomic mass is 9.72. The smallest absolute Gasteiger partial charge is 0.336 e. The fourth-order valence-corrected chi connectivity index (χ4v) is 10.8. The van der Waals surface area contributed by atoms with Gasteiger partial charge in [0.2, 0.25) is 5.91 Å². The van der Waals surface area contributed by atoms with Gasteiger partial charge in [-0.05, 0) is 49.5 Å². The molecule has 10 atom stereocenters. The summed E-state index contributed by atoms with van der Waals surface area (Å²) in [6, 6.07) is 0. The first kappa shape index (κ1) is 55.8. The van der Waals surface area contributed by atoms with Gasteiger partial charge >= 0.3 is 19.4 Å². The first-order chi connectivity index (χ1) is 33.6. The Morgan fingerprint density at radius 3 is 2.24 bits per heavy atom. The number of hydrogen-bond donors (Lipinski definition) is 6. The number of carbonyl (C=O) groups excluding carboxylic acids is 5. The number of nitrogens with zero attached hydrogens (tertiary/aromatic N) is 4. The minimum Gasteiger partial charge on any atom is -0.507 e. The fraction of sp³-hybridized carbons (Fsp3) is 0.596. The summed E-state index contributed by atoms with van der Waals surface area (Å²) in [6.45, 7) is 21.9. The van der Waals surface area contributed by atoms with Crippen LogP contribution >= 0.6 is 7.60 Å². The van der Waals surface area contributed by atoms with E-state index in [1.165, 1.54) is 33.2 Å². The van der Waals surface area contributed by atoms with Crippen LogP contribution in [-0.2, 0) is 33.2 Å². The molecule has 2 aromatic carbocycles. The average molecular weight is 1020 g/mol. The van der Waals surface area contributed by atoms with E-state index < -0.39 is 91.0 Å². The number of ketones is 1. The van der Waals surface area contributed by atoms with Crippen molar-refractivity contribution in [1.82, 2.24) is 9.80 Å². The molecule has 394 valence electrons. The number of rotatable bonds is 9. The van der Waals surface area contributed by atoms with E-state index in [0.717, 1.165) is 11.4 Å². The molecule has 1 fully saturated rings. The number of aromatic hydroxyl groups is 2. The van der Waals surface area contributed by atoms with E-state index in [-0.39, 0.29) is 79.6 Å². The minimum atomic E-state index is -4.93. The van der Waals surface area contributed by atoms with E-state index in [0.29, 0.717) is 37.5 Å². The van der Waals surface area contributed by atoms with Crippen molar-refractivity contribution in [3.63, 3.8) is 0 Å². The highest BCUT2D eigenvalue weighted by Gasteiger charge is 2.51. The number of allylic oxidation sites excluding steroid dienone is 3. The molecule has 2 aromatic rings. The van der Waals surface area contributed by atoms with Crippen molar-refractivity contribution in [1.29, 1.82) is 0 Å². The third-order valence-electron chi connectivity index (χ3n) is 15.4. The van der Waals surface area contributed by atoms with Gasteiger partial charge in [-0.25, -0.2) is 4.99 Å². The van der Waals surface area contributed by atoms with Crippen LogP contribution in [0.4, 0.5) is 5.69 Å². The molecule has 1 spiro atoms. The Balaban J connectivity index is 1.46. The number of carbonyl (C=O) groups is 5. The molecule has 1 unspecified atom stereocenters. The first-order valence-electron chi connectivity index (χ1n) is 24.7. The number of hydrogen-bond acceptors (Lipinski definition) is 15. The maximum Gasteiger partial charge on any atom is 0.336 e. The third-order valence-corrected chi connectivity index (χ3v) is 16.5. The zero-order valence-electron chi connectivity index (χ0n) is 43.3. The summed E-state index contributed by atoms with van der Waals surface area (Å²) in [4.78, 5) is 98.5. The SMILES string of the molecule is C/C1=C/C=C/[C@H](C)[C@H](OC(=O)CN(C)C(=O)CC(C=O)P(=O)(O)O)[C@@H](C)[C@@H](O)[C@@H](C)[C@H](C)[C@H](C)[C@@H](C)/C=C/O[C@@]2(C)Oc3c(C)c(O)c4c(O)c(c5c(c4c3C2=O)NC2(CCN(CC(C)C)CC2)N=5)=NC1=O. The summed E-state index contributed by atoms with van der Waals surface area (Å²) in [7, 11) is -3.70. The summed E-state index contributed by atoms with van der Waals surface area (Å²) in [5.74, 6) is -7.54. The molecule has 0 radical (unpaired) electrons. The number of ether oxygens (including phenoxy) is 3. The lowest BCUT2D eigenvalue weighted by Crippen LogP contribution is -2.47. The molecule has 5 heterocycles. The van der Waals surface area contributed by atoms with Gasteiger partial charge in [-0.1, -0.05) is 73.6 Å². The lowest BCUT2D eigenvalue weighted by Gasteiger charge is -2.38. The average Bonchev–Trinajstić information content (AvgIpc) is 3.81. The van der Waals surface area contributed by atoms with Gasteiger partial charge in [0, 0.05) is 81.2 Å². The Morgan fingerprint density at radius 2 is 1.62 bits per heavy atom. The van der Waals surface area contributed by atoms with Gasteiger partial charge < -0.3 is 59.2 Å². The molecule has 5 aliphatic rings. The number of likely N-dealkylation sites (tertiary alicyclic amines) is 1. The Labute approximate surface area is 420 Å². The van der Waals surface area contributed by atoms with Crippen LogP contribution < -0.4 is 20.8 Å². The van der Waals surface area contributed by atoms with E-state index in [9.17, 15) is 53.6 Å². The van der Waals surface area contributed by atoms with Crippen LogP contribution in [0.1, 0.15) is 104 Å². The number of benzene rings is 2. The molecule has 5 bridgehead atoms. The second-order valence-electron chi connectivity index (χ2n) is 21.1. The molecule has 1 saturated heterocycles. The van der Waals surface area contributed by atoms with E-state index in [4.69, 9.17) is 19.2 Å². The van der Waals surface area contributed by atoms with Crippen molar-refractivity contribution in [3.8, 4) is 17.2 Å². The first-order valence-corrected chi connectivity index (χ1v) is 26.4. The van der Waals surface area contributed by atoms with Crippen LogP contribution in [0.2, 0.25) is 0 Å². The molecule has 0 saturated carbocycles. The van der Waals surface area contributed by atoms with Crippen LogP contribution in [-0.4, -0.2) is 127 Å². The normalized spacial score (nSPS) is 30.0. The number of fused-ring (bicyclic) bond motifs is 13. The Hall–Kier alpha value is -5.46. The number of esters is 1. The highest BCUT2D eigenvalue weighted by Crippen LogP contribution is 2.51. The maximum absolute atomic E-state index is 14.8. The largest absolute Gasteiger partial charge is 0.507 e. The number of aliphatic hydroxyl groups excluding tert-OH is 1. The molecule has 19 nitrogen and oxygen atoms in total. The van der Waals surface area contributed by atoms with Crippen LogP contribution in [0, 0.1) is 48.3 Å². The maximum atomic E-state index is 14.8. The standard InChI is InChI=1S/C52H72N5O14P/c1-26(2)23-57-19-17-52(18-20-57)54-41-38-39-45(62)34(10)48-40(38)49(64)51(11,71-48)69-21-16-27(3)30(6)31(7)32(8)44(61)33(9)47(70-37(60)24-56(12)36(59)22-35(25-58)72(66,67)68)28(4)14-13-15-29(5)50(65)53-43(46(39)63)42(41)55-52/h13-16,21,25-28,30-33,35,44,47,54,61-63H,17-20,22-24H2,1-12H3,(H2,66,67,68)/b14-13+,21-16+,29-15-,53-43?/t27-,28-,30+,31+,32-,33-,35?,44-,47-,51-/m0/s1. The Bertz CT molecular complexity index is 2760. The van der Waals surface area contributed by atoms with E-state index in [2.05, 4.69) is 29.1 Å². The highest BCUT2D eigenvalue weighted by atomic mass is 31.2. The number of nitrogens with one attached hydrogen (secondary N) is 1. The van der Waals surface area contributed by atoms with Gasteiger partial charge in [0.25, 0.3) is 11.7 Å². The second kappa shape index (κ2) is 21.6. The topological polar surface area (TPSA) is 274 Å². The summed E-state index contributed by atoms with van der Waals surface area (Å²) in [6.07, 6.45) is 6.16. The summed E-state index contributed by atoms with van der Waals surface area (Å²) < 4.78 is 30.3. The van der Waals surface area contributed by atoms with Gasteiger partial charge in [-0.2, -0.15) is 0 Å². The summed E-state index contributed by atoms with van der Waals surface area (Å²) in [5.41, 5.74) is -2.11. The van der Waals surface area contributed by atoms with E-state index in [1.54, 1.807) is 39.0 Å². The van der Waals surface area contributed by atoms with Crippen molar-refractivity contribution in [3.05, 3.63) is 58.0 Å². The van der Waals surface area contributed by atoms with Crippen LogP contribution in [0.5, 0.6) is 17.2 Å². The third kappa shape index (κ3) is 11.2. The molecule has 0 aromatic heterocycles. The molecular weight excluding hydrogens is 950 g/mol. The summed E-state index contributed by atoms with van der Waals surface area (Å²) >= 11 is 0. The number of aldehydes is 1. The van der Waals surface area contributed by atoms with Crippen molar-refractivity contribution < 1.29 is 67.9 Å². The molecule has 7 rings (SSSR count). The molecular formula is C52H72N5O14P. The van der Waals surface area contributed by atoms with E-state index >= 15 is 0 Å². The predicted octanol–water partition coefficient (Wildman–Crippen LogP) is 5.22. The van der Waals surface area contributed by atoms with Gasteiger partial charge in [0.1, 0.15) is 52.5 Å². The number of piperidine rings is 1. The molecule has 5 aliphatic heterocycles. The van der Waals surface area contributed by atoms with Crippen molar-refractivity contribution in [2.75, 3.05) is 38.5 Å². The number of anilines is 1. The number of phenolic OH excluding ortho intramolecular Hbond substituents is 2. The van der Waals surface area contributed by atoms with Crippen molar-refractivity contribution in [2.24, 2.45) is 51.4 Å². The zero-order valence-corrected chi connectivity index (χ0v) is 44.2. The zero-order chi connectivity index (χ0) is 53.5. The molecule has 0 aliphatic carbocycles. The second-order valence-corrected chi connectivity index (χ2v) is 23.0. The number of phenols is 2. The highest BCUT2D eigenvalue weighted by molar-refractivity contribution is 7.53. The van der Waals surface area contributed by atoms with Crippen LogP contribution in [0.15, 0.2) is 46.1 Å². The minimum absolute atomic E-state index is 0.00254. The molecule has 2 amide bonds. The van der Waals surface area contributed by atoms with Gasteiger partial charge in [0.05, 0.1) is 29.0 Å². The quantitative estimate of drug-likeness (QED) is 0.0813. The number of amides is 2. The lowest BCUT2D eigenvalue weighted by molar-refractivity contribution is -0.160. The number of aliphatic hydroxyl groups is 1. The van der Waals surface area contributed by atoms with Gasteiger partial charge in [0.15, 0.2) is 5.75 Å². The van der Waals surface area contributed by atoms with E-state index in [1.807, 2.05) is 27.7 Å². The Morgan fingerprint density at radius 1 is 0.972 bits per heavy atom. The van der Waals surface area contributed by atoms with Gasteiger partial charge in [-0.15, -0.1) is 0 Å². The monoisotopic (exact) mass is 1020 g/mol. The van der Waals surface area contributed by atoms with Crippen LogP contribution in [0.25, 0.3) is 10.8 Å². The Kier molecular flexibility index (Phi) is 16.7. The molecule has 72 heavy (non-hydrogen) atoms. The molecule has 20 heteroatoms. The number of Topliss-reactive ketones (excluding diaryl/α,β-unsaturated/α-hetero) is 1. The number of likely N-dealkylation sites (N-methyl/N-ethyl adjacent to an activating group) is 1. The van der Waals surface area contributed by atoms with Crippen molar-refractivity contribution >= 4 is 53.9 Å². The van der Waals surface area contributed by atoms with Crippen molar-refractivity contribution in [2.45, 2.75) is 125 Å². The fourth-order valence-electron chi connectivity index (χ4n) is 10.2. The molecule has 6 N–H and O–H groups in total.